The Kier molecular flexibility index (Phi) is 6.66. The van der Waals surface area contributed by atoms with E-state index in [-0.39, 0.29) is 0 Å². The summed E-state index contributed by atoms with van der Waals surface area (Å²) >= 11 is 0. The van der Waals surface area contributed by atoms with Gasteiger partial charge >= 0.3 is 0 Å². The molecular weight excluding hydrogens is 448 g/mol. The summed E-state index contributed by atoms with van der Waals surface area (Å²) in [6.45, 7) is 4.60. The Morgan fingerprint density at radius 3 is 2.11 bits per heavy atom. The van der Waals surface area contributed by atoms with Gasteiger partial charge in [0.2, 0.25) is 0 Å². The molecule has 0 fully saturated rings. The van der Waals surface area contributed by atoms with Crippen molar-refractivity contribution in [3.05, 3.63) is 96.1 Å². The van der Waals surface area contributed by atoms with Crippen molar-refractivity contribution >= 4 is 38.4 Å². The second-order valence-electron chi connectivity index (χ2n) is 10.4. The maximum absolute atomic E-state index is 5.35. The SMILES string of the molecule is CCCCCc1c(CCCCC)c2c(-c3ccccc3)c3ccccc3n2c2nc3ccccc3cc12. The van der Waals surface area contributed by atoms with Crippen LogP contribution in [0.15, 0.2) is 84.9 Å². The van der Waals surface area contributed by atoms with Crippen molar-refractivity contribution in [2.45, 2.75) is 65.2 Å². The molecular formula is C35H36N2. The highest BCUT2D eigenvalue weighted by atomic mass is 15.0. The smallest absolute Gasteiger partial charge is 0.145 e. The third-order valence-corrected chi connectivity index (χ3v) is 7.89. The van der Waals surface area contributed by atoms with Gasteiger partial charge in [-0.25, -0.2) is 4.98 Å². The van der Waals surface area contributed by atoms with Crippen LogP contribution in [0.5, 0.6) is 0 Å². The van der Waals surface area contributed by atoms with E-state index in [1.165, 1.54) is 88.0 Å². The van der Waals surface area contributed by atoms with Crippen LogP contribution in [-0.2, 0) is 12.8 Å². The van der Waals surface area contributed by atoms with Gasteiger partial charge in [0.15, 0.2) is 0 Å². The lowest BCUT2D eigenvalue weighted by Gasteiger charge is -2.19. The Morgan fingerprint density at radius 1 is 0.649 bits per heavy atom. The summed E-state index contributed by atoms with van der Waals surface area (Å²) in [5.41, 5.74) is 10.5. The highest BCUT2D eigenvalue weighted by molar-refractivity contribution is 6.10. The average molecular weight is 485 g/mol. The third kappa shape index (κ3) is 4.19. The molecule has 0 unspecified atom stereocenters. The van der Waals surface area contributed by atoms with Gasteiger partial charge < -0.3 is 0 Å². The van der Waals surface area contributed by atoms with Crippen LogP contribution in [-0.4, -0.2) is 9.38 Å². The summed E-state index contributed by atoms with van der Waals surface area (Å²) in [4.78, 5) is 5.35. The zero-order valence-corrected chi connectivity index (χ0v) is 22.1. The molecule has 186 valence electrons. The fraction of sp³-hybridized carbons (Fsp3) is 0.286. The minimum absolute atomic E-state index is 1.06. The van der Waals surface area contributed by atoms with Crippen LogP contribution < -0.4 is 0 Å². The molecule has 0 saturated carbocycles. The molecule has 0 N–H and O–H groups in total. The molecule has 2 nitrogen and oxygen atoms in total. The van der Waals surface area contributed by atoms with E-state index in [1.807, 2.05) is 0 Å². The number of para-hydroxylation sites is 2. The van der Waals surface area contributed by atoms with E-state index in [0.717, 1.165) is 24.0 Å². The predicted molar refractivity (Wildman–Crippen MR) is 160 cm³/mol. The van der Waals surface area contributed by atoms with Crippen molar-refractivity contribution in [2.24, 2.45) is 0 Å². The standard InChI is InChI=1S/C35H36N2/c1-3-5-8-19-27-28(20-9-6-4-2)34-33(25-16-10-7-11-17-25)29-21-13-15-23-32(29)37(34)35-30(27)24-26-18-12-14-22-31(26)36-35/h7,10-18,21-24H,3-6,8-9,19-20H2,1-2H3. The van der Waals surface area contributed by atoms with E-state index in [9.17, 15) is 0 Å². The Hall–Kier alpha value is -3.65. The molecule has 0 saturated heterocycles. The van der Waals surface area contributed by atoms with Crippen molar-refractivity contribution in [3.63, 3.8) is 0 Å². The van der Waals surface area contributed by atoms with Crippen LogP contribution >= 0.6 is 0 Å². The van der Waals surface area contributed by atoms with Gasteiger partial charge in [-0.15, -0.1) is 0 Å². The first-order valence-electron chi connectivity index (χ1n) is 14.1. The van der Waals surface area contributed by atoms with Gasteiger partial charge in [0.05, 0.1) is 16.6 Å². The maximum Gasteiger partial charge on any atom is 0.145 e. The molecule has 0 bridgehead atoms. The number of benzene rings is 3. The molecule has 3 aromatic heterocycles. The van der Waals surface area contributed by atoms with Crippen LogP contribution in [0.2, 0.25) is 0 Å². The molecule has 6 aromatic rings. The second-order valence-corrected chi connectivity index (χ2v) is 10.4. The molecule has 3 aromatic carbocycles. The first-order chi connectivity index (χ1) is 18.3. The van der Waals surface area contributed by atoms with Gasteiger partial charge in [0.25, 0.3) is 0 Å². The molecule has 0 aliphatic rings. The van der Waals surface area contributed by atoms with E-state index < -0.39 is 0 Å². The summed E-state index contributed by atoms with van der Waals surface area (Å²) in [6.07, 6.45) is 9.64. The largest absolute Gasteiger partial charge is 0.293 e. The number of hydrogen-bond acceptors (Lipinski definition) is 1. The van der Waals surface area contributed by atoms with Crippen LogP contribution in [0.25, 0.3) is 49.5 Å². The van der Waals surface area contributed by atoms with E-state index in [2.05, 4.69) is 103 Å². The van der Waals surface area contributed by atoms with Crippen molar-refractivity contribution in [1.82, 2.24) is 9.38 Å². The zero-order chi connectivity index (χ0) is 25.2. The van der Waals surface area contributed by atoms with E-state index in [0.29, 0.717) is 0 Å². The fourth-order valence-corrected chi connectivity index (χ4v) is 6.10. The number of rotatable bonds is 9. The lowest BCUT2D eigenvalue weighted by atomic mass is 9.91. The zero-order valence-electron chi connectivity index (χ0n) is 22.1. The van der Waals surface area contributed by atoms with E-state index in [4.69, 9.17) is 4.98 Å². The van der Waals surface area contributed by atoms with Gasteiger partial charge in [-0.3, -0.25) is 4.40 Å². The highest BCUT2D eigenvalue weighted by Crippen LogP contribution is 2.42. The average Bonchev–Trinajstić information content (AvgIpc) is 3.29. The Bertz CT molecular complexity index is 1690. The predicted octanol–water partition coefficient (Wildman–Crippen LogP) is 9.93. The number of hydrogen-bond donors (Lipinski definition) is 0. The molecule has 3 heterocycles. The van der Waals surface area contributed by atoms with Gasteiger partial charge in [-0.2, -0.15) is 0 Å². The van der Waals surface area contributed by atoms with E-state index >= 15 is 0 Å². The minimum Gasteiger partial charge on any atom is -0.293 e. The molecule has 0 spiro atoms. The summed E-state index contributed by atoms with van der Waals surface area (Å²) in [6, 6.07) is 30.9. The Morgan fingerprint density at radius 2 is 1.32 bits per heavy atom. The first-order valence-corrected chi connectivity index (χ1v) is 14.1. The van der Waals surface area contributed by atoms with Crippen LogP contribution in [0, 0.1) is 0 Å². The topological polar surface area (TPSA) is 17.3 Å². The number of fused-ring (bicyclic) bond motifs is 6. The summed E-state index contributed by atoms with van der Waals surface area (Å²) in [5.74, 6) is 0. The second kappa shape index (κ2) is 10.4. The lowest BCUT2D eigenvalue weighted by Crippen LogP contribution is -2.05. The van der Waals surface area contributed by atoms with Crippen molar-refractivity contribution in [2.75, 3.05) is 0 Å². The van der Waals surface area contributed by atoms with Gasteiger partial charge in [0, 0.05) is 21.7 Å². The molecule has 6 rings (SSSR count). The molecule has 0 aliphatic carbocycles. The van der Waals surface area contributed by atoms with Crippen molar-refractivity contribution in [3.8, 4) is 11.1 Å². The third-order valence-electron chi connectivity index (χ3n) is 7.89. The van der Waals surface area contributed by atoms with Gasteiger partial charge in [0.1, 0.15) is 5.65 Å². The van der Waals surface area contributed by atoms with Crippen LogP contribution in [0.1, 0.15) is 63.5 Å². The highest BCUT2D eigenvalue weighted by Gasteiger charge is 2.23. The lowest BCUT2D eigenvalue weighted by molar-refractivity contribution is 0.697. The molecule has 0 amide bonds. The summed E-state index contributed by atoms with van der Waals surface area (Å²) in [5, 5.41) is 3.87. The number of pyridine rings is 2. The number of nitrogens with zero attached hydrogens (tertiary/aromatic N) is 2. The molecule has 37 heavy (non-hydrogen) atoms. The summed E-state index contributed by atoms with van der Waals surface area (Å²) in [7, 11) is 0. The Labute approximate surface area is 220 Å². The maximum atomic E-state index is 5.35. The monoisotopic (exact) mass is 484 g/mol. The molecule has 0 radical (unpaired) electrons. The molecule has 0 atom stereocenters. The number of aromatic nitrogens is 2. The molecule has 2 heteroatoms. The molecule has 0 aliphatic heterocycles. The minimum atomic E-state index is 1.06. The van der Waals surface area contributed by atoms with E-state index in [1.54, 1.807) is 0 Å². The van der Waals surface area contributed by atoms with Crippen LogP contribution in [0.3, 0.4) is 0 Å². The van der Waals surface area contributed by atoms with Crippen LogP contribution in [0.4, 0.5) is 0 Å². The Balaban J connectivity index is 1.81. The number of aryl methyl sites for hydroxylation is 2. The number of unbranched alkanes of at least 4 members (excludes halogenated alkanes) is 4. The van der Waals surface area contributed by atoms with Gasteiger partial charge in [-0.1, -0.05) is 106 Å². The first kappa shape index (κ1) is 23.7. The normalized spacial score (nSPS) is 11.8. The van der Waals surface area contributed by atoms with Crippen molar-refractivity contribution in [1.29, 1.82) is 0 Å². The summed E-state index contributed by atoms with van der Waals surface area (Å²) < 4.78 is 2.49. The van der Waals surface area contributed by atoms with Crippen molar-refractivity contribution < 1.29 is 0 Å². The quantitative estimate of drug-likeness (QED) is 0.147. The van der Waals surface area contributed by atoms with Gasteiger partial charge in [-0.05, 0) is 60.6 Å². The fourth-order valence-electron chi connectivity index (χ4n) is 6.10.